The Morgan fingerprint density at radius 1 is 1.53 bits per heavy atom. The van der Waals surface area contributed by atoms with E-state index >= 15 is 0 Å². The average molecular weight is 227 g/mol. The smallest absolute Gasteiger partial charge is 0.284 e. The molecule has 0 aliphatic rings. The van der Waals surface area contributed by atoms with E-state index in [1.807, 2.05) is 0 Å². The van der Waals surface area contributed by atoms with Crippen LogP contribution in [0.1, 0.15) is 6.92 Å². The first-order valence-corrected chi connectivity index (χ1v) is 5.39. The third-order valence-electron chi connectivity index (χ3n) is 1.55. The molecule has 0 fully saturated rings. The number of nitrogens with zero attached hydrogens (tertiary/aromatic N) is 2. The van der Waals surface area contributed by atoms with Crippen molar-refractivity contribution < 1.29 is 13.2 Å². The number of hydrogen-bond donors (Lipinski definition) is 1. The molecular weight excluding hydrogens is 218 g/mol. The van der Waals surface area contributed by atoms with E-state index in [-0.39, 0.29) is 10.6 Å². The highest BCUT2D eigenvalue weighted by Gasteiger charge is 2.14. The summed E-state index contributed by atoms with van der Waals surface area (Å²) in [4.78, 5) is 14.2. The van der Waals surface area contributed by atoms with Gasteiger partial charge in [-0.2, -0.15) is 12.8 Å². The Balaban J connectivity index is 3.17. The van der Waals surface area contributed by atoms with Gasteiger partial charge in [-0.3, -0.25) is 9.78 Å². The van der Waals surface area contributed by atoms with Crippen molar-refractivity contribution in [2.45, 2.75) is 11.8 Å². The number of amides is 1. The Bertz CT molecular complexity index is 493. The van der Waals surface area contributed by atoms with Crippen LogP contribution in [0.2, 0.25) is 0 Å². The third kappa shape index (κ3) is 2.84. The maximum atomic E-state index is 11.5. The van der Waals surface area contributed by atoms with Crippen molar-refractivity contribution in [2.24, 2.45) is 10.1 Å². The van der Waals surface area contributed by atoms with Gasteiger partial charge in [0.25, 0.3) is 15.9 Å². The molecule has 0 atom stereocenters. The Kier molecular flexibility index (Phi) is 3.15. The number of carbonyl (C=O) groups excluding carboxylic acids is 1. The van der Waals surface area contributed by atoms with Gasteiger partial charge in [0.15, 0.2) is 0 Å². The highest BCUT2D eigenvalue weighted by atomic mass is 32.2. The zero-order chi connectivity index (χ0) is 11.5. The fourth-order valence-corrected chi connectivity index (χ4v) is 1.78. The van der Waals surface area contributed by atoms with E-state index in [9.17, 15) is 13.2 Å². The quantitative estimate of drug-likeness (QED) is 0.717. The molecule has 0 aliphatic carbocycles. The molecule has 80 valence electrons. The largest absolute Gasteiger partial charge is 0.365 e. The Morgan fingerprint density at radius 2 is 2.20 bits per heavy atom. The molecule has 0 aliphatic heterocycles. The molecule has 0 unspecified atom stereocenters. The van der Waals surface area contributed by atoms with Crippen LogP contribution in [-0.4, -0.2) is 25.0 Å². The van der Waals surface area contributed by atoms with Crippen LogP contribution in [0.3, 0.4) is 0 Å². The molecule has 0 saturated heterocycles. The van der Waals surface area contributed by atoms with Gasteiger partial charge in [0, 0.05) is 12.4 Å². The molecule has 0 bridgehead atoms. The number of rotatable bonds is 3. The van der Waals surface area contributed by atoms with E-state index in [0.717, 1.165) is 6.20 Å². The molecule has 1 heterocycles. The minimum atomic E-state index is -3.88. The van der Waals surface area contributed by atoms with Crippen molar-refractivity contribution in [3.63, 3.8) is 0 Å². The lowest BCUT2D eigenvalue weighted by Gasteiger charge is -1.98. The molecule has 1 aromatic rings. The number of carbonyl (C=O) groups is 1. The fraction of sp³-hybridized carbons (Fsp3) is 0.125. The van der Waals surface area contributed by atoms with Crippen LogP contribution < -0.4 is 5.73 Å². The molecule has 1 amide bonds. The molecular formula is C8H9N3O3S. The number of sulfonamides is 1. The molecule has 0 saturated carbocycles. The molecule has 1 aromatic heterocycles. The monoisotopic (exact) mass is 227 g/mol. The maximum Gasteiger partial charge on any atom is 0.284 e. The molecule has 1 rings (SSSR count). The summed E-state index contributed by atoms with van der Waals surface area (Å²) < 4.78 is 26.3. The van der Waals surface area contributed by atoms with Crippen LogP contribution in [0.5, 0.6) is 0 Å². The van der Waals surface area contributed by atoms with Crippen molar-refractivity contribution in [3.05, 3.63) is 24.5 Å². The zero-order valence-corrected chi connectivity index (χ0v) is 8.73. The van der Waals surface area contributed by atoms with Crippen LogP contribution in [-0.2, 0) is 14.8 Å². The van der Waals surface area contributed by atoms with Gasteiger partial charge in [-0.1, -0.05) is 0 Å². The number of pyridine rings is 1. The summed E-state index contributed by atoms with van der Waals surface area (Å²) in [7, 11) is -3.88. The van der Waals surface area contributed by atoms with Crippen molar-refractivity contribution in [3.8, 4) is 0 Å². The summed E-state index contributed by atoms with van der Waals surface area (Å²) in [6.45, 7) is 1.23. The predicted octanol–water partition coefficient (Wildman–Crippen LogP) is -0.283. The summed E-state index contributed by atoms with van der Waals surface area (Å²) in [5.74, 6) is -0.873. The number of nitrogens with two attached hydrogens (primary N) is 1. The number of aromatic nitrogens is 1. The lowest BCUT2D eigenvalue weighted by Crippen LogP contribution is -2.21. The van der Waals surface area contributed by atoms with Crippen molar-refractivity contribution >= 4 is 21.6 Å². The summed E-state index contributed by atoms with van der Waals surface area (Å²) in [6, 6.07) is 2.79. The normalized spacial score (nSPS) is 12.5. The third-order valence-corrected chi connectivity index (χ3v) is 2.90. The van der Waals surface area contributed by atoms with Gasteiger partial charge in [0.05, 0.1) is 0 Å². The fourth-order valence-electron chi connectivity index (χ4n) is 0.778. The highest BCUT2D eigenvalue weighted by molar-refractivity contribution is 7.90. The first-order valence-electron chi connectivity index (χ1n) is 3.95. The SMILES string of the molecule is C/C(=N\S(=O)(=O)c1cccnc1)C(N)=O. The summed E-state index contributed by atoms with van der Waals surface area (Å²) in [5, 5.41) is 0. The molecule has 0 aromatic carbocycles. The minimum absolute atomic E-state index is 0.0781. The van der Waals surface area contributed by atoms with Crippen molar-refractivity contribution in [2.75, 3.05) is 0 Å². The Hall–Kier alpha value is -1.76. The van der Waals surface area contributed by atoms with Gasteiger partial charge in [0.2, 0.25) is 0 Å². The average Bonchev–Trinajstić information content (AvgIpc) is 2.18. The first-order chi connectivity index (χ1) is 6.93. The van der Waals surface area contributed by atoms with E-state index in [2.05, 4.69) is 9.38 Å². The molecule has 0 spiro atoms. The first kappa shape index (κ1) is 11.3. The van der Waals surface area contributed by atoms with Gasteiger partial charge >= 0.3 is 0 Å². The summed E-state index contributed by atoms with van der Waals surface area (Å²) in [6.07, 6.45) is 2.58. The van der Waals surface area contributed by atoms with Gasteiger partial charge in [-0.25, -0.2) is 0 Å². The molecule has 2 N–H and O–H groups in total. The Labute approximate surface area is 86.9 Å². The van der Waals surface area contributed by atoms with Crippen molar-refractivity contribution in [1.82, 2.24) is 4.98 Å². The number of primary amides is 1. The van der Waals surface area contributed by atoms with Gasteiger partial charge in [0.1, 0.15) is 10.6 Å². The van der Waals surface area contributed by atoms with Gasteiger partial charge in [-0.15, -0.1) is 0 Å². The maximum absolute atomic E-state index is 11.5. The molecule has 0 radical (unpaired) electrons. The topological polar surface area (TPSA) is 102 Å². The lowest BCUT2D eigenvalue weighted by atomic mass is 10.4. The second-order valence-corrected chi connectivity index (χ2v) is 4.31. The lowest BCUT2D eigenvalue weighted by molar-refractivity contribution is -0.112. The van der Waals surface area contributed by atoms with E-state index in [0.29, 0.717) is 0 Å². The van der Waals surface area contributed by atoms with Crippen LogP contribution in [0.15, 0.2) is 33.8 Å². The van der Waals surface area contributed by atoms with E-state index in [1.165, 1.54) is 25.3 Å². The summed E-state index contributed by atoms with van der Waals surface area (Å²) in [5.41, 5.74) is 4.61. The van der Waals surface area contributed by atoms with Gasteiger partial charge in [-0.05, 0) is 19.1 Å². The van der Waals surface area contributed by atoms with Gasteiger partial charge < -0.3 is 5.73 Å². The van der Waals surface area contributed by atoms with Crippen LogP contribution in [0.25, 0.3) is 0 Å². The molecule has 6 nitrogen and oxygen atoms in total. The van der Waals surface area contributed by atoms with Crippen LogP contribution >= 0.6 is 0 Å². The van der Waals surface area contributed by atoms with E-state index in [4.69, 9.17) is 5.73 Å². The standard InChI is InChI=1S/C8H9N3O3S/c1-6(8(9)12)11-15(13,14)7-3-2-4-10-5-7/h2-5H,1H3,(H2,9,12)/b11-6+. The van der Waals surface area contributed by atoms with E-state index in [1.54, 1.807) is 0 Å². The van der Waals surface area contributed by atoms with Crippen LogP contribution in [0.4, 0.5) is 0 Å². The molecule has 15 heavy (non-hydrogen) atoms. The molecule has 7 heteroatoms. The van der Waals surface area contributed by atoms with Crippen molar-refractivity contribution in [1.29, 1.82) is 0 Å². The zero-order valence-electron chi connectivity index (χ0n) is 7.91. The Morgan fingerprint density at radius 3 is 2.67 bits per heavy atom. The number of hydrogen-bond acceptors (Lipinski definition) is 4. The minimum Gasteiger partial charge on any atom is -0.365 e. The highest BCUT2D eigenvalue weighted by Crippen LogP contribution is 2.09. The second kappa shape index (κ2) is 4.18. The summed E-state index contributed by atoms with van der Waals surface area (Å²) >= 11 is 0. The van der Waals surface area contributed by atoms with E-state index < -0.39 is 15.9 Å². The second-order valence-electron chi connectivity index (χ2n) is 2.70. The van der Waals surface area contributed by atoms with Crippen LogP contribution in [0, 0.1) is 0 Å². The predicted molar refractivity (Wildman–Crippen MR) is 53.7 cm³/mol.